The molecule has 1 aliphatic carbocycles. The number of hydrogen-bond acceptors (Lipinski definition) is 2. The molecular formula is C18H28N2O. The Morgan fingerprint density at radius 1 is 1.19 bits per heavy atom. The van der Waals surface area contributed by atoms with Gasteiger partial charge in [0.1, 0.15) is 0 Å². The van der Waals surface area contributed by atoms with Crippen molar-refractivity contribution in [3.8, 4) is 0 Å². The Balaban J connectivity index is 1.98. The molecule has 3 nitrogen and oxygen atoms in total. The summed E-state index contributed by atoms with van der Waals surface area (Å²) >= 11 is 0. The topological polar surface area (TPSA) is 23.6 Å². The summed E-state index contributed by atoms with van der Waals surface area (Å²) in [5, 5.41) is 0. The number of hydrogen-bond donors (Lipinski definition) is 0. The lowest BCUT2D eigenvalue weighted by molar-refractivity contribution is -0.132. The second-order valence-electron chi connectivity index (χ2n) is 6.05. The highest BCUT2D eigenvalue weighted by Crippen LogP contribution is 2.34. The highest BCUT2D eigenvalue weighted by molar-refractivity contribution is 5.78. The molecule has 0 bridgehead atoms. The first-order valence-corrected chi connectivity index (χ1v) is 8.23. The maximum absolute atomic E-state index is 12.5. The summed E-state index contributed by atoms with van der Waals surface area (Å²) in [6.07, 6.45) is 4.32. The molecule has 2 rings (SSSR count). The van der Waals surface area contributed by atoms with Gasteiger partial charge in [0.25, 0.3) is 0 Å². The van der Waals surface area contributed by atoms with Crippen LogP contribution in [0.2, 0.25) is 0 Å². The first kappa shape index (κ1) is 16.0. The second-order valence-corrected chi connectivity index (χ2v) is 6.05. The van der Waals surface area contributed by atoms with Crippen molar-refractivity contribution in [2.24, 2.45) is 0 Å². The first-order chi connectivity index (χ1) is 10.2. The Hall–Kier alpha value is -1.35. The molecule has 1 aromatic carbocycles. The van der Waals surface area contributed by atoms with Crippen LogP contribution in [0.25, 0.3) is 0 Å². The van der Waals surface area contributed by atoms with Crippen LogP contribution >= 0.6 is 0 Å². The number of carbonyl (C=O) groups is 1. The molecule has 116 valence electrons. The van der Waals surface area contributed by atoms with Crippen molar-refractivity contribution in [3.05, 3.63) is 35.4 Å². The molecule has 0 saturated carbocycles. The van der Waals surface area contributed by atoms with Crippen molar-refractivity contribution in [1.29, 1.82) is 0 Å². The zero-order valence-electron chi connectivity index (χ0n) is 13.6. The fraction of sp³-hybridized carbons (Fsp3) is 0.611. The van der Waals surface area contributed by atoms with E-state index in [9.17, 15) is 4.79 Å². The van der Waals surface area contributed by atoms with Gasteiger partial charge in [0.15, 0.2) is 0 Å². The molecule has 1 aliphatic rings. The summed E-state index contributed by atoms with van der Waals surface area (Å²) in [6.45, 7) is 6.54. The van der Waals surface area contributed by atoms with Crippen molar-refractivity contribution in [1.82, 2.24) is 9.80 Å². The van der Waals surface area contributed by atoms with E-state index in [1.54, 1.807) is 0 Å². The van der Waals surface area contributed by atoms with E-state index in [2.05, 4.69) is 50.1 Å². The van der Waals surface area contributed by atoms with Crippen molar-refractivity contribution in [2.45, 2.75) is 45.6 Å². The van der Waals surface area contributed by atoms with Crippen LogP contribution in [0.15, 0.2) is 24.3 Å². The minimum absolute atomic E-state index is 0.269. The van der Waals surface area contributed by atoms with E-state index in [0.29, 0.717) is 12.6 Å². The molecule has 0 radical (unpaired) electrons. The van der Waals surface area contributed by atoms with Gasteiger partial charge in [-0.15, -0.1) is 0 Å². The third-order valence-electron chi connectivity index (χ3n) is 4.36. The van der Waals surface area contributed by atoms with Crippen molar-refractivity contribution in [3.63, 3.8) is 0 Å². The molecule has 1 aromatic rings. The largest absolute Gasteiger partial charge is 0.342 e. The number of rotatable bonds is 7. The van der Waals surface area contributed by atoms with E-state index in [1.165, 1.54) is 11.1 Å². The third kappa shape index (κ3) is 3.85. The number of nitrogens with zero attached hydrogens (tertiary/aromatic N) is 2. The van der Waals surface area contributed by atoms with E-state index in [-0.39, 0.29) is 5.91 Å². The number of benzene rings is 1. The number of amides is 1. The molecule has 0 saturated heterocycles. The molecule has 21 heavy (non-hydrogen) atoms. The molecule has 0 aromatic heterocycles. The standard InChI is InChI=1S/C18H28N2O/c1-4-12-20(13-5-2)18(21)14-19(3)17-11-10-15-8-6-7-9-16(15)17/h6-9,17H,4-5,10-14H2,1-3H3. The zero-order chi connectivity index (χ0) is 15.2. The van der Waals surface area contributed by atoms with Gasteiger partial charge in [-0.3, -0.25) is 9.69 Å². The summed E-state index contributed by atoms with van der Waals surface area (Å²) in [6, 6.07) is 9.04. The molecule has 0 heterocycles. The van der Waals surface area contributed by atoms with Crippen LogP contribution in [0.4, 0.5) is 0 Å². The monoisotopic (exact) mass is 288 g/mol. The molecule has 0 fully saturated rings. The van der Waals surface area contributed by atoms with Crippen molar-refractivity contribution < 1.29 is 4.79 Å². The maximum Gasteiger partial charge on any atom is 0.236 e. The Labute approximate surface area is 128 Å². The van der Waals surface area contributed by atoms with E-state index in [1.807, 2.05) is 4.90 Å². The quantitative estimate of drug-likeness (QED) is 0.769. The summed E-state index contributed by atoms with van der Waals surface area (Å²) in [5.41, 5.74) is 2.85. The molecule has 3 heteroatoms. The fourth-order valence-electron chi connectivity index (χ4n) is 3.32. The third-order valence-corrected chi connectivity index (χ3v) is 4.36. The van der Waals surface area contributed by atoms with Gasteiger partial charge >= 0.3 is 0 Å². The lowest BCUT2D eigenvalue weighted by Crippen LogP contribution is -2.40. The van der Waals surface area contributed by atoms with Crippen LogP contribution in [0.5, 0.6) is 0 Å². The zero-order valence-corrected chi connectivity index (χ0v) is 13.6. The van der Waals surface area contributed by atoms with E-state index in [0.717, 1.165) is 38.8 Å². The first-order valence-electron chi connectivity index (χ1n) is 8.23. The maximum atomic E-state index is 12.5. The normalized spacial score (nSPS) is 17.0. The highest BCUT2D eigenvalue weighted by atomic mass is 16.2. The average Bonchev–Trinajstić information content (AvgIpc) is 2.91. The predicted octanol–water partition coefficient (Wildman–Crippen LogP) is 3.25. The number of aryl methyl sites for hydroxylation is 1. The second kappa shape index (κ2) is 7.60. The smallest absolute Gasteiger partial charge is 0.236 e. The Morgan fingerprint density at radius 3 is 2.52 bits per heavy atom. The van der Waals surface area contributed by atoms with Gasteiger partial charge in [-0.05, 0) is 43.9 Å². The molecular weight excluding hydrogens is 260 g/mol. The average molecular weight is 288 g/mol. The number of likely N-dealkylation sites (N-methyl/N-ethyl adjacent to an activating group) is 1. The molecule has 1 unspecified atom stereocenters. The van der Waals surface area contributed by atoms with E-state index < -0.39 is 0 Å². The van der Waals surface area contributed by atoms with Crippen molar-refractivity contribution in [2.75, 3.05) is 26.7 Å². The molecule has 0 aliphatic heterocycles. The minimum atomic E-state index is 0.269. The summed E-state index contributed by atoms with van der Waals surface area (Å²) in [4.78, 5) is 16.7. The molecule has 0 N–H and O–H groups in total. The van der Waals surface area contributed by atoms with Crippen LogP contribution in [-0.2, 0) is 11.2 Å². The number of fused-ring (bicyclic) bond motifs is 1. The molecule has 1 atom stereocenters. The summed E-state index contributed by atoms with van der Waals surface area (Å²) in [5.74, 6) is 0.269. The van der Waals surface area contributed by atoms with Gasteiger partial charge in [0, 0.05) is 19.1 Å². The van der Waals surface area contributed by atoms with Gasteiger partial charge in [-0.25, -0.2) is 0 Å². The van der Waals surface area contributed by atoms with Crippen LogP contribution < -0.4 is 0 Å². The molecule has 0 spiro atoms. The predicted molar refractivity (Wildman–Crippen MR) is 87.3 cm³/mol. The summed E-state index contributed by atoms with van der Waals surface area (Å²) in [7, 11) is 2.08. The Kier molecular flexibility index (Phi) is 5.80. The van der Waals surface area contributed by atoms with E-state index >= 15 is 0 Å². The van der Waals surface area contributed by atoms with Gasteiger partial charge in [-0.1, -0.05) is 38.1 Å². The lowest BCUT2D eigenvalue weighted by atomic mass is 10.1. The van der Waals surface area contributed by atoms with Crippen LogP contribution in [0.3, 0.4) is 0 Å². The van der Waals surface area contributed by atoms with Gasteiger partial charge in [0.05, 0.1) is 6.54 Å². The van der Waals surface area contributed by atoms with Crippen molar-refractivity contribution >= 4 is 5.91 Å². The SMILES string of the molecule is CCCN(CCC)C(=O)CN(C)C1CCc2ccccc21. The number of carbonyl (C=O) groups excluding carboxylic acids is 1. The minimum Gasteiger partial charge on any atom is -0.342 e. The Morgan fingerprint density at radius 2 is 1.86 bits per heavy atom. The fourth-order valence-corrected chi connectivity index (χ4v) is 3.32. The van der Waals surface area contributed by atoms with E-state index in [4.69, 9.17) is 0 Å². The highest BCUT2D eigenvalue weighted by Gasteiger charge is 2.27. The Bertz CT molecular complexity index is 466. The lowest BCUT2D eigenvalue weighted by Gasteiger charge is -2.28. The van der Waals surface area contributed by atoms with Gasteiger partial charge in [-0.2, -0.15) is 0 Å². The van der Waals surface area contributed by atoms with Crippen LogP contribution in [-0.4, -0.2) is 42.4 Å². The molecule has 1 amide bonds. The van der Waals surface area contributed by atoms with Gasteiger partial charge < -0.3 is 4.90 Å². The van der Waals surface area contributed by atoms with Crippen LogP contribution in [0, 0.1) is 0 Å². The summed E-state index contributed by atoms with van der Waals surface area (Å²) < 4.78 is 0. The van der Waals surface area contributed by atoms with Crippen LogP contribution in [0.1, 0.15) is 50.3 Å². The van der Waals surface area contributed by atoms with Gasteiger partial charge in [0.2, 0.25) is 5.91 Å².